The van der Waals surface area contributed by atoms with Gasteiger partial charge in [0.15, 0.2) is 5.69 Å². The van der Waals surface area contributed by atoms with Gasteiger partial charge >= 0.3 is 5.97 Å². The molecule has 0 saturated carbocycles. The van der Waals surface area contributed by atoms with E-state index in [1.165, 1.54) is 4.68 Å². The van der Waals surface area contributed by atoms with Gasteiger partial charge in [0.1, 0.15) is 0 Å². The zero-order chi connectivity index (χ0) is 26.1. The van der Waals surface area contributed by atoms with Gasteiger partial charge in [0.05, 0.1) is 18.2 Å². The van der Waals surface area contributed by atoms with Crippen LogP contribution in [0, 0.1) is 5.92 Å². The van der Waals surface area contributed by atoms with Crippen molar-refractivity contribution in [1.82, 2.24) is 14.7 Å². The van der Waals surface area contributed by atoms with Gasteiger partial charge in [0, 0.05) is 28.5 Å². The van der Waals surface area contributed by atoms with E-state index >= 15 is 0 Å². The molecule has 0 radical (unpaired) electrons. The van der Waals surface area contributed by atoms with Crippen molar-refractivity contribution < 1.29 is 14.3 Å². The number of amides is 1. The molecule has 0 aliphatic carbocycles. The molecule has 0 saturated heterocycles. The summed E-state index contributed by atoms with van der Waals surface area (Å²) >= 11 is 12.7. The first-order valence-electron chi connectivity index (χ1n) is 11.7. The summed E-state index contributed by atoms with van der Waals surface area (Å²) in [4.78, 5) is 40.6. The van der Waals surface area contributed by atoms with Crippen LogP contribution in [-0.4, -0.2) is 39.1 Å². The highest BCUT2D eigenvalue weighted by molar-refractivity contribution is 6.31. The Morgan fingerprint density at radius 2 is 1.58 bits per heavy atom. The highest BCUT2D eigenvalue weighted by Crippen LogP contribution is 2.41. The van der Waals surface area contributed by atoms with Gasteiger partial charge in [-0.3, -0.25) is 19.1 Å². The fourth-order valence-corrected chi connectivity index (χ4v) is 4.84. The number of aromatic nitrogens is 2. The van der Waals surface area contributed by atoms with Crippen LogP contribution < -0.4 is 10.2 Å². The number of benzene rings is 2. The second-order valence-electron chi connectivity index (χ2n) is 9.41. The highest BCUT2D eigenvalue weighted by Gasteiger charge is 2.41. The third-order valence-electron chi connectivity index (χ3n) is 6.23. The Bertz CT molecular complexity index is 1320. The van der Waals surface area contributed by atoms with Crippen LogP contribution in [0.15, 0.2) is 59.5 Å². The van der Waals surface area contributed by atoms with Gasteiger partial charge in [0.25, 0.3) is 5.91 Å². The van der Waals surface area contributed by atoms with Crippen LogP contribution in [0.2, 0.25) is 10.0 Å². The van der Waals surface area contributed by atoms with Crippen molar-refractivity contribution in [2.75, 3.05) is 6.54 Å². The summed E-state index contributed by atoms with van der Waals surface area (Å²) in [6.45, 7) is 7.42. The van der Waals surface area contributed by atoms with Crippen molar-refractivity contribution in [2.45, 2.75) is 45.7 Å². The standard InChI is InChI=1S/C27H27Cl2N3O4/c1-15(2)27(35)36-25-22(33)13-30-32-21(14-31(16(3)4)26(34)24(25)32)23(17-7-5-9-19(28)11-17)18-8-6-10-20(29)12-18/h5-13,15-16,21,23H,14H2,1-4H3. The number of carbonyl (C=O) groups is 2. The predicted molar refractivity (Wildman–Crippen MR) is 139 cm³/mol. The van der Waals surface area contributed by atoms with Crippen molar-refractivity contribution in [3.63, 3.8) is 0 Å². The molecule has 36 heavy (non-hydrogen) atoms. The molecular formula is C27H27Cl2N3O4. The van der Waals surface area contributed by atoms with Crippen LogP contribution >= 0.6 is 23.2 Å². The number of nitrogens with zero attached hydrogens (tertiary/aromatic N) is 3. The predicted octanol–water partition coefficient (Wildman–Crippen LogP) is 5.35. The zero-order valence-electron chi connectivity index (χ0n) is 20.4. The summed E-state index contributed by atoms with van der Waals surface area (Å²) in [6.07, 6.45) is 1.09. The van der Waals surface area contributed by atoms with Crippen LogP contribution in [0.1, 0.15) is 61.3 Å². The molecule has 0 N–H and O–H groups in total. The number of fused-ring (bicyclic) bond motifs is 1. The first-order valence-corrected chi connectivity index (χ1v) is 12.5. The van der Waals surface area contributed by atoms with E-state index in [1.54, 1.807) is 30.9 Å². The first kappa shape index (κ1) is 25.9. The molecule has 1 amide bonds. The van der Waals surface area contributed by atoms with Gasteiger partial charge in [-0.1, -0.05) is 61.3 Å². The topological polar surface area (TPSA) is 81.5 Å². The lowest BCUT2D eigenvalue weighted by molar-refractivity contribution is -0.137. The average Bonchev–Trinajstić information content (AvgIpc) is 2.82. The number of halogens is 2. The van der Waals surface area contributed by atoms with Crippen LogP contribution in [0.3, 0.4) is 0 Å². The smallest absolute Gasteiger partial charge is 0.313 e. The van der Waals surface area contributed by atoms with Crippen molar-refractivity contribution in [3.05, 3.63) is 91.8 Å². The van der Waals surface area contributed by atoms with Gasteiger partial charge in [0.2, 0.25) is 11.2 Å². The molecule has 1 atom stereocenters. The summed E-state index contributed by atoms with van der Waals surface area (Å²) in [5, 5.41) is 5.50. The van der Waals surface area contributed by atoms with Crippen molar-refractivity contribution in [2.24, 2.45) is 5.92 Å². The van der Waals surface area contributed by atoms with Crippen LogP contribution in [0.5, 0.6) is 5.75 Å². The highest BCUT2D eigenvalue weighted by atomic mass is 35.5. The Kier molecular flexibility index (Phi) is 7.52. The Morgan fingerprint density at radius 3 is 2.08 bits per heavy atom. The SMILES string of the molecule is CC(C)C(=O)Oc1c2n(ncc1=O)C(C(c1cccc(Cl)c1)c1cccc(Cl)c1)CN(C(C)C)C2=O. The lowest BCUT2D eigenvalue weighted by Crippen LogP contribution is -2.50. The number of hydrogen-bond donors (Lipinski definition) is 0. The number of esters is 1. The van der Waals surface area contributed by atoms with Crippen LogP contribution in [0.4, 0.5) is 0 Å². The fourth-order valence-electron chi connectivity index (χ4n) is 4.44. The molecule has 4 rings (SSSR count). The Morgan fingerprint density at radius 1 is 1.00 bits per heavy atom. The van der Waals surface area contributed by atoms with Crippen molar-refractivity contribution in [3.8, 4) is 5.75 Å². The lowest BCUT2D eigenvalue weighted by atomic mass is 9.83. The molecule has 1 aliphatic rings. The summed E-state index contributed by atoms with van der Waals surface area (Å²) in [7, 11) is 0. The Labute approximate surface area is 219 Å². The molecule has 7 nitrogen and oxygen atoms in total. The largest absolute Gasteiger partial charge is 0.420 e. The Balaban J connectivity index is 1.98. The fraction of sp³-hybridized carbons (Fsp3) is 0.333. The second kappa shape index (κ2) is 10.4. The van der Waals surface area contributed by atoms with E-state index in [2.05, 4.69) is 5.10 Å². The first-order chi connectivity index (χ1) is 17.1. The molecule has 0 bridgehead atoms. The molecule has 9 heteroatoms. The second-order valence-corrected chi connectivity index (χ2v) is 10.3. The van der Waals surface area contributed by atoms with E-state index in [9.17, 15) is 14.4 Å². The quantitative estimate of drug-likeness (QED) is 0.403. The van der Waals surface area contributed by atoms with Gasteiger partial charge in [-0.05, 0) is 49.2 Å². The van der Waals surface area contributed by atoms with E-state index in [0.29, 0.717) is 16.6 Å². The normalized spacial score (nSPS) is 15.5. The summed E-state index contributed by atoms with van der Waals surface area (Å²) in [5.74, 6) is -2.15. The molecule has 188 valence electrons. The molecule has 0 spiro atoms. The molecule has 2 aromatic carbocycles. The minimum atomic E-state index is -0.630. The molecule has 3 aromatic rings. The van der Waals surface area contributed by atoms with Gasteiger partial charge in [-0.2, -0.15) is 5.10 Å². The van der Waals surface area contributed by atoms with Gasteiger partial charge in [-0.25, -0.2) is 0 Å². The number of rotatable bonds is 6. The number of hydrogen-bond acceptors (Lipinski definition) is 5. The zero-order valence-corrected chi connectivity index (χ0v) is 22.0. The monoisotopic (exact) mass is 527 g/mol. The molecule has 1 aliphatic heterocycles. The number of ether oxygens (including phenoxy) is 1. The summed E-state index contributed by atoms with van der Waals surface area (Å²) in [5.41, 5.74) is 1.10. The minimum absolute atomic E-state index is 0.0458. The summed E-state index contributed by atoms with van der Waals surface area (Å²) in [6, 6.07) is 14.3. The molecule has 2 heterocycles. The van der Waals surface area contributed by atoms with Crippen LogP contribution in [-0.2, 0) is 4.79 Å². The van der Waals surface area contributed by atoms with E-state index in [4.69, 9.17) is 27.9 Å². The van der Waals surface area contributed by atoms with Gasteiger partial charge < -0.3 is 9.64 Å². The Hall–Kier alpha value is -3.16. The molecule has 1 unspecified atom stereocenters. The van der Waals surface area contributed by atoms with Crippen LogP contribution in [0.25, 0.3) is 0 Å². The minimum Gasteiger partial charge on any atom is -0.420 e. The van der Waals surface area contributed by atoms with E-state index in [0.717, 1.165) is 17.3 Å². The van der Waals surface area contributed by atoms with E-state index in [1.807, 2.05) is 50.2 Å². The van der Waals surface area contributed by atoms with Crippen molar-refractivity contribution >= 4 is 35.1 Å². The third kappa shape index (κ3) is 5.04. The van der Waals surface area contributed by atoms with E-state index in [-0.39, 0.29) is 23.4 Å². The molecule has 1 aromatic heterocycles. The molecule has 0 fully saturated rings. The maximum absolute atomic E-state index is 13.6. The lowest BCUT2D eigenvalue weighted by Gasteiger charge is -2.41. The van der Waals surface area contributed by atoms with Crippen molar-refractivity contribution in [1.29, 1.82) is 0 Å². The number of carbonyl (C=O) groups excluding carboxylic acids is 2. The third-order valence-corrected chi connectivity index (χ3v) is 6.70. The molecular weight excluding hydrogens is 501 g/mol. The van der Waals surface area contributed by atoms with E-state index < -0.39 is 29.3 Å². The summed E-state index contributed by atoms with van der Waals surface area (Å²) < 4.78 is 6.99. The average molecular weight is 528 g/mol. The maximum atomic E-state index is 13.6. The maximum Gasteiger partial charge on any atom is 0.313 e. The van der Waals surface area contributed by atoms with Gasteiger partial charge in [-0.15, -0.1) is 0 Å².